The van der Waals surface area contributed by atoms with E-state index < -0.39 is 0 Å². The Hall–Kier alpha value is -4.10. The van der Waals surface area contributed by atoms with Crippen molar-refractivity contribution in [1.29, 1.82) is 0 Å². The van der Waals surface area contributed by atoms with Gasteiger partial charge in [0.1, 0.15) is 18.5 Å². The second-order valence-electron chi connectivity index (χ2n) is 11.8. The van der Waals surface area contributed by atoms with Gasteiger partial charge in [-0.25, -0.2) is 6.57 Å². The molecule has 2 fully saturated rings. The average molecular weight is 569 g/mol. The Morgan fingerprint density at radius 2 is 2.07 bits per heavy atom. The second kappa shape index (κ2) is 11.6. The fourth-order valence-corrected chi connectivity index (χ4v) is 6.81. The summed E-state index contributed by atoms with van der Waals surface area (Å²) in [6, 6.07) is 4.92. The summed E-state index contributed by atoms with van der Waals surface area (Å²) in [5, 5.41) is 1.22. The number of aromatic nitrogens is 3. The van der Waals surface area contributed by atoms with Crippen LogP contribution in [-0.2, 0) is 17.8 Å². The van der Waals surface area contributed by atoms with Gasteiger partial charge < -0.3 is 34.2 Å². The van der Waals surface area contributed by atoms with Gasteiger partial charge in [-0.3, -0.25) is 4.79 Å². The SMILES string of the molecule is [C-]#[N+]C[C@H]1CN(c2nc(OCC3CCCN3C)nc3c2CCN(c2c(C)c(C)cc4[nH]ccc24)C3)CCN1C(=O)C=C. The zero-order valence-electron chi connectivity index (χ0n) is 24.9. The number of H-pyrrole nitrogens is 1. The maximum Gasteiger partial charge on any atom is 0.318 e. The fraction of sp³-hybridized carbons (Fsp3) is 0.500. The molecule has 1 unspecified atom stereocenters. The molecule has 1 N–H and O–H groups in total. The number of ether oxygens (including phenoxy) is 1. The minimum atomic E-state index is -0.222. The predicted octanol–water partition coefficient (Wildman–Crippen LogP) is 3.73. The zero-order chi connectivity index (χ0) is 29.4. The van der Waals surface area contributed by atoms with E-state index in [1.54, 1.807) is 4.90 Å². The number of anilines is 2. The van der Waals surface area contributed by atoms with Gasteiger partial charge in [0.25, 0.3) is 0 Å². The number of nitrogens with one attached hydrogen (secondary N) is 1. The van der Waals surface area contributed by atoms with Gasteiger partial charge in [0.05, 0.1) is 12.2 Å². The number of hydrogen-bond donors (Lipinski definition) is 1. The molecule has 0 radical (unpaired) electrons. The minimum absolute atomic E-state index is 0.127. The number of likely N-dealkylation sites (tertiary alicyclic amines) is 1. The number of amides is 1. The summed E-state index contributed by atoms with van der Waals surface area (Å²) in [6.07, 6.45) is 6.44. The number of hydrogen-bond acceptors (Lipinski definition) is 7. The van der Waals surface area contributed by atoms with Crippen molar-refractivity contribution in [2.45, 2.75) is 51.7 Å². The summed E-state index contributed by atoms with van der Waals surface area (Å²) in [6.45, 7) is 20.6. The van der Waals surface area contributed by atoms with Crippen LogP contribution in [0.2, 0.25) is 0 Å². The summed E-state index contributed by atoms with van der Waals surface area (Å²) in [4.78, 5) is 38.4. The van der Waals surface area contributed by atoms with Crippen LogP contribution in [0.15, 0.2) is 31.0 Å². The molecule has 5 heterocycles. The Morgan fingerprint density at radius 1 is 1.21 bits per heavy atom. The van der Waals surface area contributed by atoms with E-state index in [2.05, 4.69) is 64.1 Å². The highest BCUT2D eigenvalue weighted by Crippen LogP contribution is 2.37. The standard InChI is InChI=1S/C32H40N8O2/c1-6-29(41)40-15-14-39(18-24(40)17-33-4)31-26-10-13-38(30-22(3)21(2)16-27-25(30)9-11-34-27)19-28(26)35-32(36-31)42-20-23-8-7-12-37(23)5/h6,9,11,16,23-24,34H,1,7-8,10,12-15,17-20H2,2-3,5H3/t23?,24-/m0/s1. The second-order valence-corrected chi connectivity index (χ2v) is 11.8. The first-order valence-electron chi connectivity index (χ1n) is 14.9. The molecule has 0 saturated carbocycles. The molecule has 220 valence electrons. The van der Waals surface area contributed by atoms with Crippen LogP contribution in [0.25, 0.3) is 15.7 Å². The van der Waals surface area contributed by atoms with E-state index in [4.69, 9.17) is 21.3 Å². The molecule has 0 bridgehead atoms. The third-order valence-corrected chi connectivity index (χ3v) is 9.30. The van der Waals surface area contributed by atoms with Crippen molar-refractivity contribution < 1.29 is 9.53 Å². The first-order chi connectivity index (χ1) is 20.4. The summed E-state index contributed by atoms with van der Waals surface area (Å²) < 4.78 is 6.31. The van der Waals surface area contributed by atoms with Gasteiger partial charge >= 0.3 is 6.01 Å². The molecule has 42 heavy (non-hydrogen) atoms. The largest absolute Gasteiger partial charge is 0.462 e. The van der Waals surface area contributed by atoms with E-state index >= 15 is 0 Å². The molecule has 0 spiro atoms. The molecule has 2 atom stereocenters. The molecular formula is C32H40N8O2. The summed E-state index contributed by atoms with van der Waals surface area (Å²) in [7, 11) is 2.14. The van der Waals surface area contributed by atoms with Crippen molar-refractivity contribution >= 4 is 28.3 Å². The van der Waals surface area contributed by atoms with Gasteiger partial charge in [-0.15, -0.1) is 0 Å². The summed E-state index contributed by atoms with van der Waals surface area (Å²) in [5.74, 6) is 0.751. The summed E-state index contributed by atoms with van der Waals surface area (Å²) >= 11 is 0. The minimum Gasteiger partial charge on any atom is -0.462 e. The van der Waals surface area contributed by atoms with Gasteiger partial charge in [-0.1, -0.05) is 6.58 Å². The summed E-state index contributed by atoms with van der Waals surface area (Å²) in [5.41, 5.74) is 7.06. The molecular weight excluding hydrogens is 528 g/mol. The highest BCUT2D eigenvalue weighted by molar-refractivity contribution is 5.95. The van der Waals surface area contributed by atoms with Crippen molar-refractivity contribution in [2.24, 2.45) is 0 Å². The normalized spacial score (nSPS) is 21.0. The maximum absolute atomic E-state index is 12.5. The number of fused-ring (bicyclic) bond motifs is 2. The van der Waals surface area contributed by atoms with Crippen LogP contribution in [0.4, 0.5) is 11.5 Å². The van der Waals surface area contributed by atoms with E-state index in [1.165, 1.54) is 34.7 Å². The monoisotopic (exact) mass is 568 g/mol. The number of carbonyl (C=O) groups excluding carboxylic acids is 1. The molecule has 2 saturated heterocycles. The van der Waals surface area contributed by atoms with Crippen molar-refractivity contribution in [3.8, 4) is 6.01 Å². The number of aryl methyl sites for hydroxylation is 1. The smallest absolute Gasteiger partial charge is 0.318 e. The van der Waals surface area contributed by atoms with Crippen molar-refractivity contribution in [1.82, 2.24) is 24.8 Å². The van der Waals surface area contributed by atoms with E-state index in [1.807, 2.05) is 6.20 Å². The molecule has 3 aromatic rings. The number of piperazine rings is 1. The van der Waals surface area contributed by atoms with E-state index in [0.717, 1.165) is 48.5 Å². The number of carbonyl (C=O) groups is 1. The molecule has 3 aliphatic rings. The lowest BCUT2D eigenvalue weighted by atomic mass is 9.99. The van der Waals surface area contributed by atoms with Crippen LogP contribution in [0.3, 0.4) is 0 Å². The third kappa shape index (κ3) is 5.18. The number of likely N-dealkylation sites (N-methyl/N-ethyl adjacent to an activating group) is 1. The average Bonchev–Trinajstić information content (AvgIpc) is 3.63. The number of benzene rings is 1. The molecule has 3 aliphatic heterocycles. The third-order valence-electron chi connectivity index (χ3n) is 9.30. The molecule has 1 aromatic carbocycles. The molecule has 6 rings (SSSR count). The molecule has 10 heteroatoms. The van der Waals surface area contributed by atoms with Gasteiger partial charge in [-0.05, 0) is 76.0 Å². The van der Waals surface area contributed by atoms with E-state index in [-0.39, 0.29) is 18.5 Å². The van der Waals surface area contributed by atoms with Crippen LogP contribution < -0.4 is 14.5 Å². The van der Waals surface area contributed by atoms with Crippen molar-refractivity contribution in [3.63, 3.8) is 0 Å². The van der Waals surface area contributed by atoms with Crippen LogP contribution in [0, 0.1) is 20.4 Å². The Morgan fingerprint density at radius 3 is 2.83 bits per heavy atom. The topological polar surface area (TPSA) is 85.2 Å². The molecule has 10 nitrogen and oxygen atoms in total. The van der Waals surface area contributed by atoms with Crippen molar-refractivity contribution in [3.05, 3.63) is 64.8 Å². The Bertz CT molecular complexity index is 1540. The Labute approximate surface area is 247 Å². The first-order valence-corrected chi connectivity index (χ1v) is 14.9. The molecule has 2 aromatic heterocycles. The van der Waals surface area contributed by atoms with Crippen LogP contribution >= 0.6 is 0 Å². The Kier molecular flexibility index (Phi) is 7.78. The van der Waals surface area contributed by atoms with Gasteiger partial charge in [0, 0.05) is 60.6 Å². The Balaban J connectivity index is 1.35. The number of rotatable bonds is 7. The lowest BCUT2D eigenvalue weighted by Crippen LogP contribution is -2.56. The van der Waals surface area contributed by atoms with Gasteiger partial charge in [-0.2, -0.15) is 9.97 Å². The fourth-order valence-electron chi connectivity index (χ4n) is 6.81. The van der Waals surface area contributed by atoms with Crippen LogP contribution in [0.5, 0.6) is 6.01 Å². The lowest BCUT2D eigenvalue weighted by Gasteiger charge is -2.41. The van der Waals surface area contributed by atoms with Crippen LogP contribution in [0.1, 0.15) is 35.2 Å². The maximum atomic E-state index is 12.5. The quantitative estimate of drug-likeness (QED) is 0.343. The molecule has 1 amide bonds. The highest BCUT2D eigenvalue weighted by Gasteiger charge is 2.35. The van der Waals surface area contributed by atoms with Crippen molar-refractivity contribution in [2.75, 3.05) is 62.7 Å². The first kappa shape index (κ1) is 28.0. The van der Waals surface area contributed by atoms with Gasteiger partial charge in [0.15, 0.2) is 0 Å². The number of nitrogens with zero attached hydrogens (tertiary/aromatic N) is 7. The van der Waals surface area contributed by atoms with E-state index in [0.29, 0.717) is 44.8 Å². The molecule has 0 aliphatic carbocycles. The lowest BCUT2D eigenvalue weighted by molar-refractivity contribution is -0.128. The van der Waals surface area contributed by atoms with Crippen LogP contribution in [-0.4, -0.2) is 95.7 Å². The number of aromatic amines is 1. The van der Waals surface area contributed by atoms with Gasteiger partial charge in [0.2, 0.25) is 12.5 Å². The predicted molar refractivity (Wildman–Crippen MR) is 165 cm³/mol. The zero-order valence-corrected chi connectivity index (χ0v) is 24.9. The highest BCUT2D eigenvalue weighted by atomic mass is 16.5. The van der Waals surface area contributed by atoms with E-state index in [9.17, 15) is 4.79 Å².